The molecule has 2 N–H and O–H groups in total. The Morgan fingerprint density at radius 2 is 1.81 bits per heavy atom. The van der Waals surface area contributed by atoms with Crippen LogP contribution in [0.1, 0.15) is 0 Å². The molecule has 0 aliphatic rings. The largest absolute Gasteiger partial charge is 0.513 e. The molecular weight excluding hydrogens is 368 g/mol. The van der Waals surface area contributed by atoms with E-state index in [1.165, 1.54) is 19.2 Å². The van der Waals surface area contributed by atoms with E-state index >= 15 is 0 Å². The number of aliphatic hydroxyl groups is 1. The van der Waals surface area contributed by atoms with Crippen molar-refractivity contribution in [1.82, 2.24) is 5.32 Å². The van der Waals surface area contributed by atoms with Crippen molar-refractivity contribution in [2.24, 2.45) is 0 Å². The Balaban J connectivity index is 2.24. The van der Waals surface area contributed by atoms with Gasteiger partial charge in [-0.3, -0.25) is 19.7 Å². The molecular formula is C15H18N2O10. The summed E-state index contributed by atoms with van der Waals surface area (Å²) in [6.07, 6.45) is -2.46. The lowest BCUT2D eigenvalue weighted by Gasteiger charge is -2.12. The third-order valence-electron chi connectivity index (χ3n) is 2.78. The Labute approximate surface area is 153 Å². The van der Waals surface area contributed by atoms with Gasteiger partial charge in [0, 0.05) is 19.2 Å². The smallest absolute Gasteiger partial charge is 0.461 e. The highest BCUT2D eigenvalue weighted by Crippen LogP contribution is 2.17. The van der Waals surface area contributed by atoms with E-state index in [0.29, 0.717) is 0 Å². The topological polar surface area (TPSA) is 164 Å². The fraction of sp³-hybridized carbons (Fsp3) is 0.400. The lowest BCUT2D eigenvalue weighted by molar-refractivity contribution is -0.384. The summed E-state index contributed by atoms with van der Waals surface area (Å²) in [7, 11) is 1.32. The van der Waals surface area contributed by atoms with Gasteiger partial charge in [-0.15, -0.1) is 0 Å². The monoisotopic (exact) mass is 386 g/mol. The number of nitrogens with zero attached hydrogens (tertiary/aromatic N) is 1. The standard InChI is InChI=1S/C15H18N2O10/c1-24-9-13(19)16-6-14(20)25-7-11(18)8-26-15(21)27-12-4-2-10(3-5-12)17(22)23/h2-5,11,18H,6-9H2,1H3,(H,16,19). The molecule has 12 heteroatoms. The van der Waals surface area contributed by atoms with Crippen LogP contribution >= 0.6 is 0 Å². The van der Waals surface area contributed by atoms with Crippen molar-refractivity contribution in [3.05, 3.63) is 34.4 Å². The van der Waals surface area contributed by atoms with Gasteiger partial charge in [0.15, 0.2) is 0 Å². The van der Waals surface area contributed by atoms with Crippen LogP contribution in [0.4, 0.5) is 10.5 Å². The molecule has 1 unspecified atom stereocenters. The van der Waals surface area contributed by atoms with Crippen LogP contribution in [0.15, 0.2) is 24.3 Å². The molecule has 0 fully saturated rings. The summed E-state index contributed by atoms with van der Waals surface area (Å²) < 4.78 is 18.6. The van der Waals surface area contributed by atoms with Crippen molar-refractivity contribution >= 4 is 23.7 Å². The molecule has 0 aliphatic heterocycles. The zero-order valence-electron chi connectivity index (χ0n) is 14.3. The molecule has 0 saturated carbocycles. The van der Waals surface area contributed by atoms with Gasteiger partial charge in [0.25, 0.3) is 5.69 Å². The number of esters is 1. The number of amides is 1. The van der Waals surface area contributed by atoms with Crippen LogP contribution in [0.5, 0.6) is 5.75 Å². The highest BCUT2D eigenvalue weighted by atomic mass is 16.7. The second kappa shape index (κ2) is 11.4. The molecule has 12 nitrogen and oxygen atoms in total. The van der Waals surface area contributed by atoms with Crippen molar-refractivity contribution in [3.8, 4) is 5.75 Å². The minimum absolute atomic E-state index is 0.0123. The van der Waals surface area contributed by atoms with Crippen LogP contribution in [0.3, 0.4) is 0 Å². The summed E-state index contributed by atoms with van der Waals surface area (Å²) in [5.74, 6) is -1.29. The summed E-state index contributed by atoms with van der Waals surface area (Å²) in [5.41, 5.74) is -0.175. The van der Waals surface area contributed by atoms with Crippen LogP contribution < -0.4 is 10.1 Å². The van der Waals surface area contributed by atoms with Gasteiger partial charge in [-0.25, -0.2) is 4.79 Å². The van der Waals surface area contributed by atoms with Crippen LogP contribution in [-0.2, 0) is 23.8 Å². The number of non-ortho nitro benzene ring substituents is 1. The van der Waals surface area contributed by atoms with Crippen molar-refractivity contribution < 1.29 is 43.4 Å². The van der Waals surface area contributed by atoms with Gasteiger partial charge in [-0.1, -0.05) is 0 Å². The predicted molar refractivity (Wildman–Crippen MR) is 86.9 cm³/mol. The Kier molecular flexibility index (Phi) is 9.19. The lowest BCUT2D eigenvalue weighted by Crippen LogP contribution is -2.34. The maximum absolute atomic E-state index is 11.5. The molecule has 1 aromatic rings. The maximum atomic E-state index is 11.5. The van der Waals surface area contributed by atoms with E-state index in [0.717, 1.165) is 12.1 Å². The first-order chi connectivity index (χ1) is 12.8. The Bertz CT molecular complexity index is 661. The zero-order valence-corrected chi connectivity index (χ0v) is 14.3. The molecule has 0 saturated heterocycles. The number of nitrogens with one attached hydrogen (secondary N) is 1. The van der Waals surface area contributed by atoms with Crippen molar-refractivity contribution in [2.45, 2.75) is 6.10 Å². The van der Waals surface area contributed by atoms with Crippen molar-refractivity contribution in [1.29, 1.82) is 0 Å². The number of ether oxygens (including phenoxy) is 4. The fourth-order valence-corrected chi connectivity index (χ4v) is 1.57. The first kappa shape index (κ1) is 21.8. The van der Waals surface area contributed by atoms with Gasteiger partial charge < -0.3 is 29.4 Å². The van der Waals surface area contributed by atoms with Gasteiger partial charge in [0.2, 0.25) is 5.91 Å². The molecule has 148 valence electrons. The Morgan fingerprint density at radius 3 is 2.41 bits per heavy atom. The molecule has 1 amide bonds. The highest BCUT2D eigenvalue weighted by Gasteiger charge is 2.14. The molecule has 0 bridgehead atoms. The third-order valence-corrected chi connectivity index (χ3v) is 2.78. The number of nitro groups is 1. The van der Waals surface area contributed by atoms with Gasteiger partial charge in [0.05, 0.1) is 4.92 Å². The minimum Gasteiger partial charge on any atom is -0.461 e. The van der Waals surface area contributed by atoms with E-state index in [-0.39, 0.29) is 18.0 Å². The number of rotatable bonds is 10. The number of hydrogen-bond donors (Lipinski definition) is 2. The third kappa shape index (κ3) is 9.13. The summed E-state index contributed by atoms with van der Waals surface area (Å²) >= 11 is 0. The van der Waals surface area contributed by atoms with E-state index in [4.69, 9.17) is 4.74 Å². The quantitative estimate of drug-likeness (QED) is 0.238. The molecule has 0 heterocycles. The highest BCUT2D eigenvalue weighted by molar-refractivity contribution is 5.82. The Hall–Kier alpha value is -3.25. The second-order valence-corrected chi connectivity index (χ2v) is 4.96. The first-order valence-corrected chi connectivity index (χ1v) is 7.50. The number of carbonyl (C=O) groups excluding carboxylic acids is 3. The van der Waals surface area contributed by atoms with Gasteiger partial charge in [-0.05, 0) is 12.1 Å². The number of aliphatic hydroxyl groups excluding tert-OH is 1. The summed E-state index contributed by atoms with van der Waals surface area (Å²) in [6, 6.07) is 4.69. The van der Waals surface area contributed by atoms with Crippen LogP contribution in [0.2, 0.25) is 0 Å². The van der Waals surface area contributed by atoms with E-state index < -0.39 is 48.8 Å². The molecule has 0 radical (unpaired) electrons. The zero-order chi connectivity index (χ0) is 20.2. The van der Waals surface area contributed by atoms with Crippen molar-refractivity contribution in [2.75, 3.05) is 33.5 Å². The normalized spacial score (nSPS) is 11.2. The first-order valence-electron chi connectivity index (χ1n) is 7.50. The van der Waals surface area contributed by atoms with Crippen LogP contribution in [-0.4, -0.2) is 67.6 Å². The molecule has 0 spiro atoms. The molecule has 1 rings (SSSR count). The van der Waals surface area contributed by atoms with E-state index in [9.17, 15) is 29.6 Å². The summed E-state index contributed by atoms with van der Waals surface area (Å²) in [4.78, 5) is 43.8. The molecule has 1 aromatic carbocycles. The number of methoxy groups -OCH3 is 1. The van der Waals surface area contributed by atoms with Gasteiger partial charge in [-0.2, -0.15) is 0 Å². The SMILES string of the molecule is COCC(=O)NCC(=O)OCC(O)COC(=O)Oc1ccc([N+](=O)[O-])cc1. The van der Waals surface area contributed by atoms with Crippen molar-refractivity contribution in [3.63, 3.8) is 0 Å². The maximum Gasteiger partial charge on any atom is 0.513 e. The molecule has 0 aliphatic carbocycles. The fourth-order valence-electron chi connectivity index (χ4n) is 1.57. The predicted octanol–water partition coefficient (Wildman–Crippen LogP) is -0.223. The number of hydrogen-bond acceptors (Lipinski definition) is 10. The average molecular weight is 386 g/mol. The van der Waals surface area contributed by atoms with E-state index in [2.05, 4.69) is 19.5 Å². The summed E-state index contributed by atoms with van der Waals surface area (Å²) in [5, 5.41) is 22.3. The molecule has 27 heavy (non-hydrogen) atoms. The van der Waals surface area contributed by atoms with Crippen LogP contribution in [0.25, 0.3) is 0 Å². The molecule has 1 atom stereocenters. The Morgan fingerprint density at radius 1 is 1.19 bits per heavy atom. The lowest BCUT2D eigenvalue weighted by atomic mass is 10.3. The summed E-state index contributed by atoms with van der Waals surface area (Å²) in [6.45, 7) is -1.60. The van der Waals surface area contributed by atoms with E-state index in [1.807, 2.05) is 0 Å². The number of benzene rings is 1. The average Bonchev–Trinajstić information content (AvgIpc) is 2.63. The number of nitro benzene ring substituents is 1. The van der Waals surface area contributed by atoms with Gasteiger partial charge >= 0.3 is 12.1 Å². The van der Waals surface area contributed by atoms with Crippen LogP contribution in [0, 0.1) is 10.1 Å². The number of carbonyl (C=O) groups is 3. The minimum atomic E-state index is -1.31. The molecule has 0 aromatic heterocycles. The van der Waals surface area contributed by atoms with E-state index in [1.54, 1.807) is 0 Å². The van der Waals surface area contributed by atoms with Gasteiger partial charge in [0.1, 0.15) is 38.2 Å². The second-order valence-electron chi connectivity index (χ2n) is 4.96.